The third-order valence-corrected chi connectivity index (χ3v) is 1.83. The number of nitrogens with one attached hydrogen (secondary N) is 1. The maximum absolute atomic E-state index is 12.8. The van der Waals surface area contributed by atoms with Crippen molar-refractivity contribution >= 4 is 5.91 Å². The van der Waals surface area contributed by atoms with Gasteiger partial charge in [-0.3, -0.25) is 15.1 Å². The van der Waals surface area contributed by atoms with Crippen molar-refractivity contribution in [3.63, 3.8) is 0 Å². The molecular formula is C6H11F2N3O. The third-order valence-electron chi connectivity index (χ3n) is 1.83. The van der Waals surface area contributed by atoms with Crippen molar-refractivity contribution in [1.82, 2.24) is 10.3 Å². The minimum atomic E-state index is -3.37. The molecule has 0 aromatic rings. The fourth-order valence-electron chi connectivity index (χ4n) is 0.998. The van der Waals surface area contributed by atoms with E-state index >= 15 is 0 Å². The summed E-state index contributed by atoms with van der Waals surface area (Å²) in [5, 5.41) is 0. The van der Waals surface area contributed by atoms with E-state index in [4.69, 9.17) is 0 Å². The van der Waals surface area contributed by atoms with Crippen LogP contribution >= 0.6 is 0 Å². The van der Waals surface area contributed by atoms with Crippen LogP contribution < -0.4 is 11.3 Å². The summed E-state index contributed by atoms with van der Waals surface area (Å²) in [7, 11) is 0. The number of hydrogen-bond donors (Lipinski definition) is 2. The highest BCUT2D eigenvalue weighted by molar-refractivity contribution is 5.83. The molecule has 1 rings (SSSR count). The Morgan fingerprint density at radius 3 is 2.50 bits per heavy atom. The van der Waals surface area contributed by atoms with Crippen LogP contribution in [0, 0.1) is 0 Å². The van der Waals surface area contributed by atoms with Crippen LogP contribution in [0.3, 0.4) is 0 Å². The van der Waals surface area contributed by atoms with Crippen molar-refractivity contribution in [1.29, 1.82) is 0 Å². The summed E-state index contributed by atoms with van der Waals surface area (Å²) in [4.78, 5) is 12.0. The molecule has 0 spiro atoms. The van der Waals surface area contributed by atoms with Crippen molar-refractivity contribution in [3.8, 4) is 0 Å². The van der Waals surface area contributed by atoms with Crippen LogP contribution in [-0.4, -0.2) is 36.4 Å². The predicted molar refractivity (Wildman–Crippen MR) is 38.3 cm³/mol. The van der Waals surface area contributed by atoms with Crippen molar-refractivity contribution in [2.75, 3.05) is 19.6 Å². The standard InChI is InChI=1S/C6H11F2N3O/c7-6(8,5(12)10-9)4-11-2-1-3-11/h1-4,9H2,(H,10,12). The van der Waals surface area contributed by atoms with Gasteiger partial charge in [-0.2, -0.15) is 8.78 Å². The van der Waals surface area contributed by atoms with Gasteiger partial charge in [-0.15, -0.1) is 0 Å². The van der Waals surface area contributed by atoms with E-state index in [1.54, 1.807) is 0 Å². The Bertz CT molecular complexity index is 182. The number of nitrogens with zero attached hydrogens (tertiary/aromatic N) is 1. The molecule has 0 aliphatic carbocycles. The molecule has 0 unspecified atom stereocenters. The monoisotopic (exact) mass is 179 g/mol. The van der Waals surface area contributed by atoms with Gasteiger partial charge in [0.25, 0.3) is 0 Å². The molecule has 0 atom stereocenters. The van der Waals surface area contributed by atoms with Gasteiger partial charge in [-0.05, 0) is 19.5 Å². The van der Waals surface area contributed by atoms with E-state index < -0.39 is 18.4 Å². The number of amides is 1. The first-order valence-corrected chi connectivity index (χ1v) is 3.67. The molecule has 0 aromatic heterocycles. The Morgan fingerprint density at radius 1 is 1.58 bits per heavy atom. The Hall–Kier alpha value is -0.750. The van der Waals surface area contributed by atoms with E-state index in [0.29, 0.717) is 13.1 Å². The lowest BCUT2D eigenvalue weighted by atomic mass is 10.2. The van der Waals surface area contributed by atoms with Crippen molar-refractivity contribution in [3.05, 3.63) is 0 Å². The summed E-state index contributed by atoms with van der Waals surface area (Å²) < 4.78 is 25.5. The molecule has 1 aliphatic rings. The minimum absolute atomic E-state index is 0.532. The fourth-order valence-corrected chi connectivity index (χ4v) is 0.998. The first kappa shape index (κ1) is 9.34. The number of halogens is 2. The van der Waals surface area contributed by atoms with Gasteiger partial charge in [-0.25, -0.2) is 5.84 Å². The molecule has 1 amide bonds. The lowest BCUT2D eigenvalue weighted by Gasteiger charge is -2.32. The Morgan fingerprint density at radius 2 is 2.17 bits per heavy atom. The molecular weight excluding hydrogens is 168 g/mol. The summed E-state index contributed by atoms with van der Waals surface area (Å²) in [6.45, 7) is 0.733. The van der Waals surface area contributed by atoms with Crippen LogP contribution in [0.5, 0.6) is 0 Å². The van der Waals surface area contributed by atoms with Crippen LogP contribution in [0.4, 0.5) is 8.78 Å². The summed E-state index contributed by atoms with van der Waals surface area (Å²) in [6.07, 6.45) is 0.917. The van der Waals surface area contributed by atoms with E-state index in [2.05, 4.69) is 5.84 Å². The third kappa shape index (κ3) is 1.89. The number of nitrogens with two attached hydrogens (primary N) is 1. The molecule has 0 aromatic carbocycles. The molecule has 0 saturated carbocycles. The number of carbonyl (C=O) groups is 1. The molecule has 1 fully saturated rings. The SMILES string of the molecule is NNC(=O)C(F)(F)CN1CCC1. The van der Waals surface area contributed by atoms with Gasteiger partial charge in [0.2, 0.25) is 0 Å². The van der Waals surface area contributed by atoms with Crippen molar-refractivity contribution in [2.45, 2.75) is 12.3 Å². The Balaban J connectivity index is 2.40. The van der Waals surface area contributed by atoms with E-state index in [1.807, 2.05) is 0 Å². The van der Waals surface area contributed by atoms with E-state index in [9.17, 15) is 13.6 Å². The largest absolute Gasteiger partial charge is 0.338 e. The highest BCUT2D eigenvalue weighted by Crippen LogP contribution is 2.18. The highest BCUT2D eigenvalue weighted by Gasteiger charge is 2.41. The maximum atomic E-state index is 12.8. The van der Waals surface area contributed by atoms with Gasteiger partial charge in [-0.1, -0.05) is 0 Å². The van der Waals surface area contributed by atoms with Crippen LogP contribution in [0.25, 0.3) is 0 Å². The second-order valence-corrected chi connectivity index (χ2v) is 2.81. The second kappa shape index (κ2) is 3.32. The Labute approximate surface area is 68.7 Å². The Kier molecular flexibility index (Phi) is 2.58. The first-order chi connectivity index (χ1) is 5.56. The second-order valence-electron chi connectivity index (χ2n) is 2.81. The smallest absolute Gasteiger partial charge is 0.297 e. The summed E-state index contributed by atoms with van der Waals surface area (Å²) >= 11 is 0. The molecule has 4 nitrogen and oxygen atoms in total. The number of hydrogen-bond acceptors (Lipinski definition) is 3. The quantitative estimate of drug-likeness (QED) is 0.343. The van der Waals surface area contributed by atoms with Gasteiger partial charge in [0.1, 0.15) is 0 Å². The minimum Gasteiger partial charge on any atom is -0.297 e. The number of alkyl halides is 2. The topological polar surface area (TPSA) is 58.4 Å². The lowest BCUT2D eigenvalue weighted by Crippen LogP contribution is -2.53. The molecule has 1 aliphatic heterocycles. The highest BCUT2D eigenvalue weighted by atomic mass is 19.3. The average Bonchev–Trinajstić information content (AvgIpc) is 1.95. The van der Waals surface area contributed by atoms with Crippen molar-refractivity contribution < 1.29 is 13.6 Å². The van der Waals surface area contributed by atoms with Crippen LogP contribution in [0.15, 0.2) is 0 Å². The molecule has 6 heteroatoms. The summed E-state index contributed by atoms with van der Waals surface area (Å²) in [5.41, 5.74) is 1.44. The van der Waals surface area contributed by atoms with Gasteiger partial charge < -0.3 is 0 Å². The molecule has 3 N–H and O–H groups in total. The molecule has 12 heavy (non-hydrogen) atoms. The maximum Gasteiger partial charge on any atom is 0.338 e. The number of hydrazine groups is 1. The van der Waals surface area contributed by atoms with Gasteiger partial charge >= 0.3 is 11.8 Å². The fraction of sp³-hybridized carbons (Fsp3) is 0.833. The number of likely N-dealkylation sites (tertiary alicyclic amines) is 1. The number of carbonyl (C=O) groups excluding carboxylic acids is 1. The van der Waals surface area contributed by atoms with Crippen molar-refractivity contribution in [2.24, 2.45) is 5.84 Å². The average molecular weight is 179 g/mol. The van der Waals surface area contributed by atoms with Gasteiger partial charge in [0.15, 0.2) is 0 Å². The molecule has 0 radical (unpaired) electrons. The van der Waals surface area contributed by atoms with E-state index in [0.717, 1.165) is 6.42 Å². The van der Waals surface area contributed by atoms with Crippen LogP contribution in [0.2, 0.25) is 0 Å². The van der Waals surface area contributed by atoms with E-state index in [-0.39, 0.29) is 0 Å². The molecule has 1 saturated heterocycles. The first-order valence-electron chi connectivity index (χ1n) is 3.67. The van der Waals surface area contributed by atoms with Gasteiger partial charge in [0, 0.05) is 0 Å². The predicted octanol–water partition coefficient (Wildman–Crippen LogP) is -0.683. The summed E-state index contributed by atoms with van der Waals surface area (Å²) in [6, 6.07) is 0. The molecule has 0 bridgehead atoms. The normalized spacial score (nSPS) is 18.6. The van der Waals surface area contributed by atoms with Crippen LogP contribution in [-0.2, 0) is 4.79 Å². The van der Waals surface area contributed by atoms with Crippen LogP contribution in [0.1, 0.15) is 6.42 Å². The zero-order valence-electron chi connectivity index (χ0n) is 6.52. The molecule has 1 heterocycles. The van der Waals surface area contributed by atoms with Gasteiger partial charge in [0.05, 0.1) is 6.54 Å². The lowest BCUT2D eigenvalue weighted by molar-refractivity contribution is -0.149. The van der Waals surface area contributed by atoms with E-state index in [1.165, 1.54) is 10.3 Å². The number of rotatable bonds is 3. The summed E-state index contributed by atoms with van der Waals surface area (Å²) in [5.74, 6) is -0.192. The molecule has 70 valence electrons. The zero-order valence-corrected chi connectivity index (χ0v) is 6.52. The zero-order chi connectivity index (χ0) is 9.19.